The Morgan fingerprint density at radius 3 is 2.74 bits per heavy atom. The number of hydrogen-bond acceptors (Lipinski definition) is 6. The monoisotopic (exact) mass is 325 g/mol. The maximum Gasteiger partial charge on any atom is 0.209 e. The molecule has 0 fully saturated rings. The van der Waals surface area contributed by atoms with Gasteiger partial charge in [-0.05, 0) is 36.4 Å². The Morgan fingerprint density at radius 1 is 1.26 bits per heavy atom. The molecule has 0 N–H and O–H groups in total. The van der Waals surface area contributed by atoms with Crippen LogP contribution in [-0.2, 0) is 12.3 Å². The average molecular weight is 325 g/mol. The Morgan fingerprint density at radius 2 is 2.04 bits per heavy atom. The van der Waals surface area contributed by atoms with Crippen LogP contribution in [0.5, 0.6) is 0 Å². The zero-order valence-electron chi connectivity index (χ0n) is 12.8. The number of benzene rings is 1. The molecule has 0 atom stereocenters. The molecule has 8 heteroatoms. The molecule has 0 saturated heterocycles. The highest BCUT2D eigenvalue weighted by Gasteiger charge is 2.17. The summed E-state index contributed by atoms with van der Waals surface area (Å²) in [6.45, 7) is 4.54. The number of thioether (sulfide) groups is 1. The lowest BCUT2D eigenvalue weighted by atomic mass is 10.2. The summed E-state index contributed by atoms with van der Waals surface area (Å²) >= 11 is 1.50. The largest absolute Gasteiger partial charge is 0.235 e. The van der Waals surface area contributed by atoms with E-state index in [0.717, 1.165) is 22.2 Å². The molecule has 0 radical (unpaired) electrons. The molecular formula is C15H15N7S. The fraction of sp³-hybridized carbons (Fsp3) is 0.267. The van der Waals surface area contributed by atoms with E-state index in [9.17, 15) is 5.26 Å². The summed E-state index contributed by atoms with van der Waals surface area (Å²) in [5, 5.41) is 26.3. The fourth-order valence-corrected chi connectivity index (χ4v) is 3.21. The second kappa shape index (κ2) is 6.62. The van der Waals surface area contributed by atoms with E-state index in [1.165, 1.54) is 11.8 Å². The summed E-state index contributed by atoms with van der Waals surface area (Å²) < 4.78 is 3.55. The van der Waals surface area contributed by atoms with Crippen molar-refractivity contribution in [3.63, 3.8) is 0 Å². The van der Waals surface area contributed by atoms with Crippen LogP contribution in [0, 0.1) is 18.3 Å². The number of para-hydroxylation sites is 1. The lowest BCUT2D eigenvalue weighted by Crippen LogP contribution is -2.03. The van der Waals surface area contributed by atoms with E-state index >= 15 is 0 Å². The molecule has 116 valence electrons. The summed E-state index contributed by atoms with van der Waals surface area (Å²) in [5.41, 5.74) is 3.12. The van der Waals surface area contributed by atoms with Crippen LogP contribution in [0.3, 0.4) is 0 Å². The normalized spacial score (nSPS) is 10.7. The number of tetrazole rings is 1. The zero-order valence-corrected chi connectivity index (χ0v) is 13.7. The molecule has 0 spiro atoms. The van der Waals surface area contributed by atoms with E-state index in [4.69, 9.17) is 0 Å². The molecule has 0 amide bonds. The van der Waals surface area contributed by atoms with Gasteiger partial charge in [0.05, 0.1) is 22.6 Å². The zero-order chi connectivity index (χ0) is 16.2. The van der Waals surface area contributed by atoms with Gasteiger partial charge in [-0.15, -0.1) is 5.10 Å². The third-order valence-electron chi connectivity index (χ3n) is 3.41. The van der Waals surface area contributed by atoms with Crippen molar-refractivity contribution >= 4 is 11.8 Å². The number of aryl methyl sites for hydroxylation is 2. The van der Waals surface area contributed by atoms with E-state index in [-0.39, 0.29) is 0 Å². The number of hydrogen-bond donors (Lipinski definition) is 0. The topological polar surface area (TPSA) is 85.2 Å². The van der Waals surface area contributed by atoms with Crippen molar-refractivity contribution in [2.45, 2.75) is 31.3 Å². The van der Waals surface area contributed by atoms with Crippen LogP contribution in [-0.4, -0.2) is 30.0 Å². The highest BCUT2D eigenvalue weighted by molar-refractivity contribution is 7.98. The van der Waals surface area contributed by atoms with Crippen LogP contribution in [0.2, 0.25) is 0 Å². The molecular weight excluding hydrogens is 310 g/mol. The maximum atomic E-state index is 9.46. The number of nitrogens with zero attached hydrogens (tertiary/aromatic N) is 7. The summed E-state index contributed by atoms with van der Waals surface area (Å²) in [5.74, 6) is 0.568. The number of aromatic nitrogens is 6. The molecule has 7 nitrogen and oxygen atoms in total. The van der Waals surface area contributed by atoms with Gasteiger partial charge in [0.1, 0.15) is 6.07 Å². The second-order valence-corrected chi connectivity index (χ2v) is 5.77. The molecule has 23 heavy (non-hydrogen) atoms. The van der Waals surface area contributed by atoms with Crippen molar-refractivity contribution < 1.29 is 0 Å². The molecule has 3 rings (SSSR count). The Labute approximate surface area is 137 Å². The molecule has 2 aromatic heterocycles. The molecule has 3 aromatic rings. The fourth-order valence-electron chi connectivity index (χ4n) is 2.27. The minimum Gasteiger partial charge on any atom is -0.235 e. The van der Waals surface area contributed by atoms with Gasteiger partial charge in [0, 0.05) is 12.3 Å². The summed E-state index contributed by atoms with van der Waals surface area (Å²) in [6, 6.07) is 12.1. The van der Waals surface area contributed by atoms with Crippen molar-refractivity contribution in [1.29, 1.82) is 5.26 Å². The standard InChI is InChI=1S/C15H15N7S/c1-3-21-15(17-19-20-21)23-10-14-13(9-16)11(2)18-22(14)12-7-5-4-6-8-12/h4-8H,3,10H2,1-2H3. The smallest absolute Gasteiger partial charge is 0.209 e. The quantitative estimate of drug-likeness (QED) is 0.669. The first-order chi connectivity index (χ1) is 11.2. The van der Waals surface area contributed by atoms with Crippen LogP contribution >= 0.6 is 11.8 Å². The van der Waals surface area contributed by atoms with Crippen molar-refractivity contribution in [2.24, 2.45) is 0 Å². The Kier molecular flexibility index (Phi) is 4.39. The van der Waals surface area contributed by atoms with Crippen molar-refractivity contribution in [2.75, 3.05) is 0 Å². The molecule has 0 aliphatic heterocycles. The van der Waals surface area contributed by atoms with E-state index in [0.29, 0.717) is 17.9 Å². The van der Waals surface area contributed by atoms with Gasteiger partial charge in [0.25, 0.3) is 0 Å². The first kappa shape index (κ1) is 15.2. The third kappa shape index (κ3) is 2.96. The first-order valence-corrected chi connectivity index (χ1v) is 8.16. The highest BCUT2D eigenvalue weighted by atomic mass is 32.2. The van der Waals surface area contributed by atoms with Gasteiger partial charge in [0.15, 0.2) is 0 Å². The minimum atomic E-state index is 0.568. The summed E-state index contributed by atoms with van der Waals surface area (Å²) in [4.78, 5) is 0. The average Bonchev–Trinajstić information content (AvgIpc) is 3.17. The Hall–Kier alpha value is -2.66. The van der Waals surface area contributed by atoms with Gasteiger partial charge in [-0.1, -0.05) is 30.0 Å². The number of nitriles is 1. The van der Waals surface area contributed by atoms with Gasteiger partial charge < -0.3 is 0 Å². The van der Waals surface area contributed by atoms with E-state index in [1.807, 2.05) is 48.9 Å². The predicted molar refractivity (Wildman–Crippen MR) is 86.1 cm³/mol. The second-order valence-electron chi connectivity index (χ2n) is 4.83. The maximum absolute atomic E-state index is 9.46. The minimum absolute atomic E-state index is 0.568. The highest BCUT2D eigenvalue weighted by Crippen LogP contribution is 2.25. The van der Waals surface area contributed by atoms with Crippen LogP contribution in [0.15, 0.2) is 35.5 Å². The molecule has 2 heterocycles. The SMILES string of the molecule is CCn1nnnc1SCc1c(C#N)c(C)nn1-c1ccccc1. The molecule has 0 unspecified atom stereocenters. The van der Waals surface area contributed by atoms with Crippen molar-refractivity contribution in [1.82, 2.24) is 30.0 Å². The van der Waals surface area contributed by atoms with E-state index in [1.54, 1.807) is 4.68 Å². The molecule has 0 bridgehead atoms. The molecule has 0 aliphatic carbocycles. The number of rotatable bonds is 5. The lowest BCUT2D eigenvalue weighted by molar-refractivity contribution is 0.581. The van der Waals surface area contributed by atoms with Crippen LogP contribution in [0.4, 0.5) is 0 Å². The Bertz CT molecular complexity index is 845. The molecule has 0 saturated carbocycles. The summed E-state index contributed by atoms with van der Waals surface area (Å²) in [6.07, 6.45) is 0. The van der Waals surface area contributed by atoms with Crippen molar-refractivity contribution in [3.8, 4) is 11.8 Å². The van der Waals surface area contributed by atoms with Gasteiger partial charge >= 0.3 is 0 Å². The lowest BCUT2D eigenvalue weighted by Gasteiger charge is -2.07. The predicted octanol–water partition coefficient (Wildman–Crippen LogP) is 2.35. The van der Waals surface area contributed by atoms with Gasteiger partial charge in [0.2, 0.25) is 5.16 Å². The first-order valence-electron chi connectivity index (χ1n) is 7.17. The molecule has 1 aromatic carbocycles. The van der Waals surface area contributed by atoms with Gasteiger partial charge in [-0.2, -0.15) is 10.4 Å². The van der Waals surface area contributed by atoms with Crippen LogP contribution in [0.1, 0.15) is 23.9 Å². The Balaban J connectivity index is 1.96. The van der Waals surface area contributed by atoms with Gasteiger partial charge in [-0.25, -0.2) is 9.36 Å². The van der Waals surface area contributed by atoms with E-state index < -0.39 is 0 Å². The summed E-state index contributed by atoms with van der Waals surface area (Å²) in [7, 11) is 0. The third-order valence-corrected chi connectivity index (χ3v) is 4.37. The van der Waals surface area contributed by atoms with Crippen molar-refractivity contribution in [3.05, 3.63) is 47.3 Å². The van der Waals surface area contributed by atoms with Crippen LogP contribution < -0.4 is 0 Å². The van der Waals surface area contributed by atoms with Gasteiger partial charge in [-0.3, -0.25) is 0 Å². The van der Waals surface area contributed by atoms with Crippen LogP contribution in [0.25, 0.3) is 5.69 Å². The van der Waals surface area contributed by atoms with E-state index in [2.05, 4.69) is 26.7 Å². The molecule has 0 aliphatic rings.